The van der Waals surface area contributed by atoms with Gasteiger partial charge in [-0.15, -0.1) is 0 Å². The van der Waals surface area contributed by atoms with Crippen molar-refractivity contribution in [3.63, 3.8) is 0 Å². The normalized spacial score (nSPS) is 10.7. The Morgan fingerprint density at radius 2 is 2.10 bits per heavy atom. The highest BCUT2D eigenvalue weighted by Crippen LogP contribution is 2.22. The van der Waals surface area contributed by atoms with Crippen LogP contribution in [-0.4, -0.2) is 34.4 Å². The molecular formula is C14H17N3O3. The maximum atomic E-state index is 11.5. The van der Waals surface area contributed by atoms with E-state index >= 15 is 0 Å². The fraction of sp³-hybridized carbons (Fsp3) is 0.357. The summed E-state index contributed by atoms with van der Waals surface area (Å²) in [6.45, 7) is 0.723. The van der Waals surface area contributed by atoms with Gasteiger partial charge in [0.2, 0.25) is 5.91 Å². The van der Waals surface area contributed by atoms with E-state index in [0.29, 0.717) is 6.42 Å². The van der Waals surface area contributed by atoms with E-state index in [1.165, 1.54) is 6.07 Å². The van der Waals surface area contributed by atoms with Gasteiger partial charge in [-0.1, -0.05) is 0 Å². The fourth-order valence-corrected chi connectivity index (χ4v) is 2.12. The largest absolute Gasteiger partial charge is 0.349 e. The predicted octanol–water partition coefficient (Wildman–Crippen LogP) is 2.42. The SMILES string of the molecule is CN(C)C(=O)CCCn1ccc2cc([N+](=O)[O-])ccc21. The van der Waals surface area contributed by atoms with Gasteiger partial charge in [0, 0.05) is 56.3 Å². The number of fused-ring (bicyclic) bond motifs is 1. The van der Waals surface area contributed by atoms with Crippen molar-refractivity contribution in [1.29, 1.82) is 0 Å². The zero-order chi connectivity index (χ0) is 14.7. The standard InChI is InChI=1S/C14H17N3O3/c1-15(2)14(18)4-3-8-16-9-7-11-10-12(17(19)20)5-6-13(11)16/h5-7,9-10H,3-4,8H2,1-2H3. The summed E-state index contributed by atoms with van der Waals surface area (Å²) in [7, 11) is 3.49. The molecule has 0 N–H and O–H groups in total. The number of carbonyl (C=O) groups is 1. The van der Waals surface area contributed by atoms with Gasteiger partial charge in [-0.25, -0.2) is 0 Å². The average Bonchev–Trinajstić information content (AvgIpc) is 2.81. The van der Waals surface area contributed by atoms with Gasteiger partial charge in [0.15, 0.2) is 0 Å². The van der Waals surface area contributed by atoms with Gasteiger partial charge in [-0.05, 0) is 18.6 Å². The molecule has 0 atom stereocenters. The molecule has 0 saturated heterocycles. The van der Waals surface area contributed by atoms with Crippen molar-refractivity contribution in [3.05, 3.63) is 40.6 Å². The number of benzene rings is 1. The third kappa shape index (κ3) is 2.96. The van der Waals surface area contributed by atoms with E-state index in [0.717, 1.165) is 23.9 Å². The highest BCUT2D eigenvalue weighted by Gasteiger charge is 2.09. The third-order valence-electron chi connectivity index (χ3n) is 3.25. The van der Waals surface area contributed by atoms with Crippen molar-refractivity contribution in [2.75, 3.05) is 14.1 Å². The first-order valence-electron chi connectivity index (χ1n) is 6.42. The quantitative estimate of drug-likeness (QED) is 0.621. The summed E-state index contributed by atoms with van der Waals surface area (Å²) in [6, 6.07) is 6.68. The van der Waals surface area contributed by atoms with Crippen LogP contribution in [0.5, 0.6) is 0 Å². The molecule has 6 nitrogen and oxygen atoms in total. The van der Waals surface area contributed by atoms with Gasteiger partial charge < -0.3 is 9.47 Å². The highest BCUT2D eigenvalue weighted by atomic mass is 16.6. The van der Waals surface area contributed by atoms with Crippen LogP contribution >= 0.6 is 0 Å². The summed E-state index contributed by atoms with van der Waals surface area (Å²) in [5.74, 6) is 0.108. The number of aryl methyl sites for hydroxylation is 1. The number of nitro benzene ring substituents is 1. The van der Waals surface area contributed by atoms with Crippen LogP contribution in [0, 0.1) is 10.1 Å². The Morgan fingerprint density at radius 1 is 1.35 bits per heavy atom. The molecule has 0 spiro atoms. The summed E-state index contributed by atoms with van der Waals surface area (Å²) in [6.07, 6.45) is 3.14. The lowest BCUT2D eigenvalue weighted by Crippen LogP contribution is -2.21. The molecule has 0 radical (unpaired) electrons. The van der Waals surface area contributed by atoms with Gasteiger partial charge in [-0.2, -0.15) is 0 Å². The van der Waals surface area contributed by atoms with Crippen molar-refractivity contribution in [1.82, 2.24) is 9.47 Å². The molecule has 1 amide bonds. The first kappa shape index (κ1) is 14.0. The van der Waals surface area contributed by atoms with Crippen LogP contribution in [0.3, 0.4) is 0 Å². The minimum absolute atomic E-state index is 0.0954. The molecule has 0 aliphatic rings. The molecule has 2 aromatic rings. The van der Waals surface area contributed by atoms with Gasteiger partial charge in [-0.3, -0.25) is 14.9 Å². The second-order valence-corrected chi connectivity index (χ2v) is 4.90. The Balaban J connectivity index is 2.08. The van der Waals surface area contributed by atoms with Crippen LogP contribution in [0.1, 0.15) is 12.8 Å². The van der Waals surface area contributed by atoms with Crippen LogP contribution in [-0.2, 0) is 11.3 Å². The average molecular weight is 275 g/mol. The Morgan fingerprint density at radius 3 is 2.75 bits per heavy atom. The molecule has 20 heavy (non-hydrogen) atoms. The molecule has 0 saturated carbocycles. The van der Waals surface area contributed by atoms with Crippen molar-refractivity contribution >= 4 is 22.5 Å². The van der Waals surface area contributed by atoms with E-state index < -0.39 is 4.92 Å². The summed E-state index contributed by atoms with van der Waals surface area (Å²) < 4.78 is 2.02. The van der Waals surface area contributed by atoms with Crippen molar-refractivity contribution in [2.24, 2.45) is 0 Å². The molecule has 1 aromatic heterocycles. The van der Waals surface area contributed by atoms with Crippen molar-refractivity contribution in [3.8, 4) is 0 Å². The Hall–Kier alpha value is -2.37. The molecule has 106 valence electrons. The number of non-ortho nitro benzene ring substituents is 1. The lowest BCUT2D eigenvalue weighted by atomic mass is 10.2. The first-order valence-corrected chi connectivity index (χ1v) is 6.42. The zero-order valence-electron chi connectivity index (χ0n) is 11.6. The minimum atomic E-state index is -0.396. The van der Waals surface area contributed by atoms with Crippen LogP contribution in [0.2, 0.25) is 0 Å². The summed E-state index contributed by atoms with van der Waals surface area (Å²) in [4.78, 5) is 23.4. The van der Waals surface area contributed by atoms with Gasteiger partial charge in [0.1, 0.15) is 0 Å². The van der Waals surface area contributed by atoms with E-state index in [4.69, 9.17) is 0 Å². The molecular weight excluding hydrogens is 258 g/mol. The Bertz CT molecular complexity index is 646. The maximum Gasteiger partial charge on any atom is 0.270 e. The molecule has 2 rings (SSSR count). The number of nitro groups is 1. The minimum Gasteiger partial charge on any atom is -0.349 e. The van der Waals surface area contributed by atoms with E-state index in [1.807, 2.05) is 16.8 Å². The molecule has 6 heteroatoms. The molecule has 0 unspecified atom stereocenters. The Labute approximate surface area is 116 Å². The van der Waals surface area contributed by atoms with E-state index in [1.54, 1.807) is 31.1 Å². The lowest BCUT2D eigenvalue weighted by molar-refractivity contribution is -0.384. The number of rotatable bonds is 5. The summed E-state index contributed by atoms with van der Waals surface area (Å²) >= 11 is 0. The number of amides is 1. The molecule has 0 aliphatic heterocycles. The van der Waals surface area contributed by atoms with Crippen molar-refractivity contribution in [2.45, 2.75) is 19.4 Å². The number of hydrogen-bond acceptors (Lipinski definition) is 3. The van der Waals surface area contributed by atoms with Crippen LogP contribution < -0.4 is 0 Å². The molecule has 1 heterocycles. The number of nitrogens with zero attached hydrogens (tertiary/aromatic N) is 3. The summed E-state index contributed by atoms with van der Waals surface area (Å²) in [5.41, 5.74) is 1.05. The molecule has 0 bridgehead atoms. The highest BCUT2D eigenvalue weighted by molar-refractivity contribution is 5.82. The first-order chi connectivity index (χ1) is 9.49. The second kappa shape index (κ2) is 5.73. The van der Waals surface area contributed by atoms with E-state index in [-0.39, 0.29) is 11.6 Å². The molecule has 0 aliphatic carbocycles. The molecule has 1 aromatic carbocycles. The van der Waals surface area contributed by atoms with Crippen LogP contribution in [0.4, 0.5) is 5.69 Å². The Kier molecular flexibility index (Phi) is 4.02. The number of aromatic nitrogens is 1. The summed E-state index contributed by atoms with van der Waals surface area (Å²) in [5, 5.41) is 11.6. The molecule has 0 fully saturated rings. The lowest BCUT2D eigenvalue weighted by Gasteiger charge is -2.10. The second-order valence-electron chi connectivity index (χ2n) is 4.90. The fourth-order valence-electron chi connectivity index (χ4n) is 2.12. The van der Waals surface area contributed by atoms with Gasteiger partial charge >= 0.3 is 0 Å². The number of carbonyl (C=O) groups excluding carboxylic acids is 1. The smallest absolute Gasteiger partial charge is 0.270 e. The topological polar surface area (TPSA) is 68.4 Å². The van der Waals surface area contributed by atoms with E-state index in [9.17, 15) is 14.9 Å². The van der Waals surface area contributed by atoms with Crippen LogP contribution in [0.15, 0.2) is 30.5 Å². The van der Waals surface area contributed by atoms with Gasteiger partial charge in [0.25, 0.3) is 5.69 Å². The maximum absolute atomic E-state index is 11.5. The predicted molar refractivity (Wildman–Crippen MR) is 76.5 cm³/mol. The van der Waals surface area contributed by atoms with Crippen LogP contribution in [0.25, 0.3) is 10.9 Å². The zero-order valence-corrected chi connectivity index (χ0v) is 11.6. The van der Waals surface area contributed by atoms with Gasteiger partial charge in [0.05, 0.1) is 4.92 Å². The monoisotopic (exact) mass is 275 g/mol. The van der Waals surface area contributed by atoms with E-state index in [2.05, 4.69) is 0 Å². The van der Waals surface area contributed by atoms with Crippen molar-refractivity contribution < 1.29 is 9.72 Å². The number of hydrogen-bond donors (Lipinski definition) is 0. The third-order valence-corrected chi connectivity index (χ3v) is 3.25.